The number of hydrogen-bond donors (Lipinski definition) is 5. The quantitative estimate of drug-likeness (QED) is 0.176. The second-order valence-corrected chi connectivity index (χ2v) is 19.4. The molecule has 0 radical (unpaired) electrons. The molecule has 7 rings (SSSR count). The summed E-state index contributed by atoms with van der Waals surface area (Å²) >= 11 is 0. The first-order chi connectivity index (χ1) is 27.3. The van der Waals surface area contributed by atoms with Gasteiger partial charge < -0.3 is 58.7 Å². The van der Waals surface area contributed by atoms with E-state index in [2.05, 4.69) is 33.4 Å². The fourth-order valence-corrected chi connectivity index (χ4v) is 10.9. The number of carboxylic acid groups (broad SMARTS) is 1. The van der Waals surface area contributed by atoms with E-state index in [1.165, 1.54) is 6.92 Å². The molecule has 6 fully saturated rings. The van der Waals surface area contributed by atoms with Gasteiger partial charge in [-0.05, 0) is 95.1 Å². The fraction of sp³-hybridized carbons (Fsp3) is 0.844. The molecule has 13 heteroatoms. The largest absolute Gasteiger partial charge is 0.479 e. The molecule has 0 aromatic rings. The lowest BCUT2D eigenvalue weighted by Crippen LogP contribution is -2.60. The molecule has 1 unspecified atom stereocenters. The minimum atomic E-state index is -1.96. The highest BCUT2D eigenvalue weighted by molar-refractivity contribution is 5.76. The summed E-state index contributed by atoms with van der Waals surface area (Å²) < 4.78 is 45.5. The van der Waals surface area contributed by atoms with Crippen molar-refractivity contribution in [3.05, 3.63) is 36.0 Å². The topological polar surface area (TPSA) is 183 Å². The Balaban J connectivity index is 0.922. The van der Waals surface area contributed by atoms with Gasteiger partial charge in [0.05, 0.1) is 43.2 Å². The predicted octanol–water partition coefficient (Wildman–Crippen LogP) is 5.46. The van der Waals surface area contributed by atoms with Gasteiger partial charge in [0, 0.05) is 37.5 Å². The van der Waals surface area contributed by atoms with E-state index in [0.717, 1.165) is 44.3 Å². The summed E-state index contributed by atoms with van der Waals surface area (Å²) in [6.07, 6.45) is 8.36. The van der Waals surface area contributed by atoms with Gasteiger partial charge in [0.2, 0.25) is 5.79 Å². The fourth-order valence-electron chi connectivity index (χ4n) is 10.9. The summed E-state index contributed by atoms with van der Waals surface area (Å²) in [6.45, 7) is 16.7. The third-order valence-corrected chi connectivity index (χ3v) is 14.5. The lowest BCUT2D eigenvalue weighted by molar-refractivity contribution is -0.334. The third-order valence-electron chi connectivity index (χ3n) is 14.5. The van der Waals surface area contributed by atoms with E-state index >= 15 is 0 Å². The number of rotatable bonds is 10. The minimum absolute atomic E-state index is 0.0385. The van der Waals surface area contributed by atoms with Crippen molar-refractivity contribution in [2.24, 2.45) is 23.7 Å². The van der Waals surface area contributed by atoms with Gasteiger partial charge in [-0.25, -0.2) is 4.79 Å². The first kappa shape index (κ1) is 44.3. The highest BCUT2D eigenvalue weighted by atomic mass is 16.7. The lowest BCUT2D eigenvalue weighted by Gasteiger charge is -2.51. The molecule has 0 saturated carbocycles. The third kappa shape index (κ3) is 8.93. The molecule has 0 amide bonds. The molecule has 0 aliphatic carbocycles. The van der Waals surface area contributed by atoms with Gasteiger partial charge in [0.1, 0.15) is 24.4 Å². The van der Waals surface area contributed by atoms with Crippen LogP contribution in [-0.4, -0.2) is 122 Å². The Hall–Kier alpha value is -1.75. The monoisotopic (exact) mass is 818 g/mol. The van der Waals surface area contributed by atoms with Gasteiger partial charge >= 0.3 is 5.97 Å². The zero-order valence-corrected chi connectivity index (χ0v) is 35.4. The van der Waals surface area contributed by atoms with E-state index < -0.39 is 71.7 Å². The second kappa shape index (κ2) is 17.2. The van der Waals surface area contributed by atoms with Crippen LogP contribution in [0.25, 0.3) is 0 Å². The number of aliphatic hydroxyl groups is 4. The average molecular weight is 819 g/mol. The van der Waals surface area contributed by atoms with Crippen molar-refractivity contribution in [1.29, 1.82) is 0 Å². The Kier molecular flexibility index (Phi) is 13.1. The molecule has 58 heavy (non-hydrogen) atoms. The second-order valence-electron chi connectivity index (χ2n) is 19.4. The van der Waals surface area contributed by atoms with Gasteiger partial charge in [0.25, 0.3) is 0 Å². The van der Waals surface area contributed by atoms with Crippen molar-refractivity contribution >= 4 is 5.97 Å². The highest BCUT2D eigenvalue weighted by Gasteiger charge is 2.55. The molecule has 0 bridgehead atoms. The maximum absolute atomic E-state index is 11.6. The molecule has 328 valence electrons. The molecule has 13 nitrogen and oxygen atoms in total. The van der Waals surface area contributed by atoms with Crippen molar-refractivity contribution in [1.82, 2.24) is 0 Å². The van der Waals surface area contributed by atoms with Gasteiger partial charge in [-0.3, -0.25) is 0 Å². The first-order valence-electron chi connectivity index (χ1n) is 22.1. The molecule has 7 aliphatic rings. The van der Waals surface area contributed by atoms with Crippen molar-refractivity contribution < 1.29 is 63.5 Å². The molecular formula is C45H70O13. The van der Waals surface area contributed by atoms with Crippen molar-refractivity contribution in [3.63, 3.8) is 0 Å². The Morgan fingerprint density at radius 1 is 1.02 bits per heavy atom. The van der Waals surface area contributed by atoms with Crippen LogP contribution in [0.5, 0.6) is 0 Å². The molecular weight excluding hydrogens is 748 g/mol. The molecule has 3 spiro atoms. The maximum atomic E-state index is 11.6. The molecule has 5 N–H and O–H groups in total. The standard InChI is InChI=1S/C45H70O13/c1-25-21-35(56-45(23-25)36(47)13-12-32(55-45)24-42(7,51)41(49)50)26(2)10-11-31-15-17-43(54-31)18-16-34-40(57-43)37(48)30(6)39(53-34)33(46)22-28(4)38-27(3)14-19-44(58-38)29(5)9-8-20-52-44/h10-11,23,26-29,31-40,46-48,51H,6,8-9,12-22,24H2,1-5,7H3,(H,49,50)/b11-10+/t26-,27-,28+,29-,31?,32+,33+,34-,35+,36-,37-,38+,39+,40-,42-,43-,44-,45-/m1/s1. The number of ether oxygens (including phenoxy) is 7. The van der Waals surface area contributed by atoms with Gasteiger partial charge in [0.15, 0.2) is 17.2 Å². The zero-order valence-electron chi connectivity index (χ0n) is 35.4. The number of carboxylic acids is 1. The smallest absolute Gasteiger partial charge is 0.335 e. The Bertz CT molecular complexity index is 1550. The van der Waals surface area contributed by atoms with Crippen LogP contribution in [0.15, 0.2) is 36.0 Å². The van der Waals surface area contributed by atoms with E-state index in [1.807, 2.05) is 19.9 Å². The van der Waals surface area contributed by atoms with Crippen LogP contribution < -0.4 is 0 Å². The average Bonchev–Trinajstić information content (AvgIpc) is 3.57. The van der Waals surface area contributed by atoms with Gasteiger partial charge in [-0.1, -0.05) is 52.0 Å². The summed E-state index contributed by atoms with van der Waals surface area (Å²) in [5.41, 5.74) is -0.554. The summed E-state index contributed by atoms with van der Waals surface area (Å²) in [4.78, 5) is 11.6. The van der Waals surface area contributed by atoms with Crippen LogP contribution in [0.4, 0.5) is 0 Å². The van der Waals surface area contributed by atoms with Crippen LogP contribution >= 0.6 is 0 Å². The number of fused-ring (bicyclic) bond motifs is 1. The zero-order chi connectivity index (χ0) is 41.8. The van der Waals surface area contributed by atoms with Crippen LogP contribution in [0.1, 0.15) is 125 Å². The number of carbonyl (C=O) groups is 1. The maximum Gasteiger partial charge on any atom is 0.335 e. The molecule has 0 aromatic carbocycles. The van der Waals surface area contributed by atoms with Crippen molar-refractivity contribution in [2.45, 2.75) is 209 Å². The highest BCUT2D eigenvalue weighted by Crippen LogP contribution is 2.48. The summed E-state index contributed by atoms with van der Waals surface area (Å²) in [5.74, 6) is -3.56. The Labute approximate surface area is 344 Å². The van der Waals surface area contributed by atoms with Crippen molar-refractivity contribution in [3.8, 4) is 0 Å². The molecule has 7 aliphatic heterocycles. The van der Waals surface area contributed by atoms with E-state index in [4.69, 9.17) is 33.2 Å². The molecule has 7 heterocycles. The number of hydrogen-bond acceptors (Lipinski definition) is 12. The van der Waals surface area contributed by atoms with Crippen LogP contribution in [0.3, 0.4) is 0 Å². The summed E-state index contributed by atoms with van der Waals surface area (Å²) in [7, 11) is 0. The number of aliphatic carboxylic acids is 1. The van der Waals surface area contributed by atoms with E-state index in [-0.39, 0.29) is 36.6 Å². The SMILES string of the molecule is C=C1[C@@H](O)[C@@H]2O[C@]3(CCC(/C=C/[C@@H](C)[C@@H]4CC(C)=C[C@@]5(O[C@H](C[C@@](C)(O)C(=O)O)CC[C@H]5O)O4)O3)CC[C@H]2O[C@@H]1[C@@H](O)C[C@H](C)[C@H]1O[C@@]2(CC[C@H]1C)OCCC[C@H]2C. The van der Waals surface area contributed by atoms with E-state index in [9.17, 15) is 30.3 Å². The van der Waals surface area contributed by atoms with Crippen LogP contribution in [0, 0.1) is 23.7 Å². The van der Waals surface area contributed by atoms with E-state index in [0.29, 0.717) is 62.4 Å². The normalized spacial score (nSPS) is 46.1. The molecule has 0 aromatic heterocycles. The summed E-state index contributed by atoms with van der Waals surface area (Å²) in [5, 5.41) is 54.1. The van der Waals surface area contributed by atoms with Crippen molar-refractivity contribution in [2.75, 3.05) is 6.61 Å². The van der Waals surface area contributed by atoms with Gasteiger partial charge in [-0.15, -0.1) is 0 Å². The molecule has 18 atom stereocenters. The minimum Gasteiger partial charge on any atom is -0.479 e. The van der Waals surface area contributed by atoms with E-state index in [1.54, 1.807) is 6.08 Å². The van der Waals surface area contributed by atoms with Crippen LogP contribution in [0.2, 0.25) is 0 Å². The Morgan fingerprint density at radius 3 is 2.52 bits per heavy atom. The number of aliphatic hydroxyl groups excluding tert-OH is 3. The van der Waals surface area contributed by atoms with Crippen LogP contribution in [-0.2, 0) is 38.0 Å². The first-order valence-corrected chi connectivity index (χ1v) is 22.1. The Morgan fingerprint density at radius 2 is 1.78 bits per heavy atom. The summed E-state index contributed by atoms with van der Waals surface area (Å²) in [6, 6.07) is 0. The predicted molar refractivity (Wildman–Crippen MR) is 212 cm³/mol. The molecule has 6 saturated heterocycles. The lowest BCUT2D eigenvalue weighted by atomic mass is 9.78. The van der Waals surface area contributed by atoms with Gasteiger partial charge in [-0.2, -0.15) is 0 Å².